The summed E-state index contributed by atoms with van der Waals surface area (Å²) < 4.78 is 0. The van der Waals surface area contributed by atoms with Gasteiger partial charge in [0.15, 0.2) is 5.96 Å². The fourth-order valence-corrected chi connectivity index (χ4v) is 2.21. The minimum absolute atomic E-state index is 0.750. The molecule has 1 fully saturated rings. The molecule has 17 heavy (non-hydrogen) atoms. The maximum atomic E-state index is 4.15. The number of likely N-dealkylation sites (tertiary alicyclic amines) is 1. The highest BCUT2D eigenvalue weighted by Gasteiger charge is 2.15. The van der Waals surface area contributed by atoms with Crippen LogP contribution in [0.2, 0.25) is 0 Å². The van der Waals surface area contributed by atoms with Crippen LogP contribution in [0.1, 0.15) is 19.8 Å². The zero-order chi connectivity index (χ0) is 12.5. The molecule has 1 rings (SSSR count). The average Bonchev–Trinajstić information content (AvgIpc) is 2.33. The SMILES string of the molecule is C=CCNC(=NC)NCCN1CCCC(C)C1. The van der Waals surface area contributed by atoms with Gasteiger partial charge in [-0.1, -0.05) is 13.0 Å². The third kappa shape index (κ3) is 5.73. The van der Waals surface area contributed by atoms with Crippen molar-refractivity contribution >= 4 is 5.96 Å². The molecule has 0 aliphatic carbocycles. The number of guanidine groups is 1. The summed E-state index contributed by atoms with van der Waals surface area (Å²) >= 11 is 0. The van der Waals surface area contributed by atoms with Crippen molar-refractivity contribution in [1.29, 1.82) is 0 Å². The van der Waals surface area contributed by atoms with Crippen LogP contribution in [0.25, 0.3) is 0 Å². The first-order valence-electron chi connectivity index (χ1n) is 6.54. The molecule has 0 aromatic rings. The van der Waals surface area contributed by atoms with E-state index in [0.29, 0.717) is 0 Å². The monoisotopic (exact) mass is 238 g/mol. The molecule has 4 heteroatoms. The van der Waals surface area contributed by atoms with Crippen LogP contribution < -0.4 is 10.6 Å². The molecule has 0 aromatic heterocycles. The van der Waals surface area contributed by atoms with Gasteiger partial charge >= 0.3 is 0 Å². The molecule has 1 aliphatic heterocycles. The minimum atomic E-state index is 0.750. The number of aliphatic imine (C=N–C) groups is 1. The molecule has 1 unspecified atom stereocenters. The number of piperidine rings is 1. The van der Waals surface area contributed by atoms with Crippen LogP contribution in [-0.4, -0.2) is 50.6 Å². The van der Waals surface area contributed by atoms with Gasteiger partial charge in [0.05, 0.1) is 0 Å². The van der Waals surface area contributed by atoms with E-state index in [9.17, 15) is 0 Å². The second kappa shape index (κ2) is 8.12. The highest BCUT2D eigenvalue weighted by atomic mass is 15.2. The van der Waals surface area contributed by atoms with Crippen molar-refractivity contribution < 1.29 is 0 Å². The van der Waals surface area contributed by atoms with Crippen molar-refractivity contribution in [3.05, 3.63) is 12.7 Å². The largest absolute Gasteiger partial charge is 0.355 e. The van der Waals surface area contributed by atoms with Crippen LogP contribution in [0.4, 0.5) is 0 Å². The van der Waals surface area contributed by atoms with Gasteiger partial charge < -0.3 is 15.5 Å². The Morgan fingerprint density at radius 2 is 2.35 bits per heavy atom. The van der Waals surface area contributed by atoms with Gasteiger partial charge in [-0.3, -0.25) is 4.99 Å². The van der Waals surface area contributed by atoms with Gasteiger partial charge in [-0.2, -0.15) is 0 Å². The molecular weight excluding hydrogens is 212 g/mol. The summed E-state index contributed by atoms with van der Waals surface area (Å²) in [6.07, 6.45) is 4.55. The van der Waals surface area contributed by atoms with Crippen LogP contribution in [-0.2, 0) is 0 Å². The lowest BCUT2D eigenvalue weighted by atomic mass is 10.0. The van der Waals surface area contributed by atoms with Gasteiger partial charge in [0.25, 0.3) is 0 Å². The van der Waals surface area contributed by atoms with Crippen LogP contribution in [0, 0.1) is 5.92 Å². The predicted octanol–water partition coefficient (Wildman–Crippen LogP) is 1.07. The molecule has 2 N–H and O–H groups in total. The van der Waals surface area contributed by atoms with Crippen LogP contribution >= 0.6 is 0 Å². The van der Waals surface area contributed by atoms with Crippen LogP contribution in [0.5, 0.6) is 0 Å². The number of rotatable bonds is 5. The van der Waals surface area contributed by atoms with Gasteiger partial charge in [0, 0.05) is 33.2 Å². The second-order valence-electron chi connectivity index (χ2n) is 4.72. The van der Waals surface area contributed by atoms with Crippen LogP contribution in [0.3, 0.4) is 0 Å². The lowest BCUT2D eigenvalue weighted by Crippen LogP contribution is -2.43. The summed E-state index contributed by atoms with van der Waals surface area (Å²) in [7, 11) is 1.79. The van der Waals surface area contributed by atoms with Gasteiger partial charge in [-0.25, -0.2) is 0 Å². The number of nitrogens with one attached hydrogen (secondary N) is 2. The first kappa shape index (κ1) is 14.0. The number of hydrogen-bond donors (Lipinski definition) is 2. The van der Waals surface area contributed by atoms with E-state index in [1.165, 1.54) is 25.9 Å². The van der Waals surface area contributed by atoms with Gasteiger partial charge in [0.1, 0.15) is 0 Å². The maximum Gasteiger partial charge on any atom is 0.191 e. The summed E-state index contributed by atoms with van der Waals surface area (Å²) in [6, 6.07) is 0. The molecule has 1 aliphatic rings. The Kier molecular flexibility index (Phi) is 6.70. The van der Waals surface area contributed by atoms with E-state index >= 15 is 0 Å². The Morgan fingerprint density at radius 3 is 3.00 bits per heavy atom. The summed E-state index contributed by atoms with van der Waals surface area (Å²) in [4.78, 5) is 6.68. The van der Waals surface area contributed by atoms with E-state index < -0.39 is 0 Å². The Labute approximate surface area is 105 Å². The molecule has 0 radical (unpaired) electrons. The third-order valence-electron chi connectivity index (χ3n) is 3.10. The van der Waals surface area contributed by atoms with Crippen molar-refractivity contribution in [2.24, 2.45) is 10.9 Å². The van der Waals surface area contributed by atoms with Crippen molar-refractivity contribution in [3.63, 3.8) is 0 Å². The lowest BCUT2D eigenvalue weighted by molar-refractivity contribution is 0.187. The highest BCUT2D eigenvalue weighted by Crippen LogP contribution is 2.14. The van der Waals surface area contributed by atoms with Gasteiger partial charge in [0.2, 0.25) is 0 Å². The predicted molar refractivity (Wildman–Crippen MR) is 74.4 cm³/mol. The first-order valence-corrected chi connectivity index (χ1v) is 6.54. The van der Waals surface area contributed by atoms with Crippen molar-refractivity contribution in [3.8, 4) is 0 Å². The first-order chi connectivity index (χ1) is 8.26. The number of nitrogens with zero attached hydrogens (tertiary/aromatic N) is 2. The van der Waals surface area contributed by atoms with E-state index in [2.05, 4.69) is 34.0 Å². The van der Waals surface area contributed by atoms with Gasteiger partial charge in [-0.15, -0.1) is 6.58 Å². The van der Waals surface area contributed by atoms with Crippen molar-refractivity contribution in [1.82, 2.24) is 15.5 Å². The molecule has 1 heterocycles. The Bertz CT molecular complexity index is 250. The second-order valence-corrected chi connectivity index (χ2v) is 4.72. The minimum Gasteiger partial charge on any atom is -0.355 e. The Morgan fingerprint density at radius 1 is 1.53 bits per heavy atom. The highest BCUT2D eigenvalue weighted by molar-refractivity contribution is 5.79. The van der Waals surface area contributed by atoms with Crippen molar-refractivity contribution in [2.75, 3.05) is 39.8 Å². The third-order valence-corrected chi connectivity index (χ3v) is 3.10. The van der Waals surface area contributed by atoms with E-state index in [1.807, 2.05) is 6.08 Å². The molecule has 1 atom stereocenters. The Balaban J connectivity index is 2.15. The van der Waals surface area contributed by atoms with Gasteiger partial charge in [-0.05, 0) is 25.3 Å². The van der Waals surface area contributed by atoms with E-state index in [1.54, 1.807) is 7.05 Å². The molecule has 4 nitrogen and oxygen atoms in total. The molecule has 98 valence electrons. The summed E-state index contributed by atoms with van der Waals surface area (Å²) in [6.45, 7) is 11.3. The zero-order valence-corrected chi connectivity index (χ0v) is 11.2. The fraction of sp³-hybridized carbons (Fsp3) is 0.769. The van der Waals surface area contributed by atoms with E-state index in [4.69, 9.17) is 0 Å². The molecule has 0 aromatic carbocycles. The molecular formula is C13H26N4. The molecule has 0 spiro atoms. The number of hydrogen-bond acceptors (Lipinski definition) is 2. The van der Waals surface area contributed by atoms with E-state index in [0.717, 1.165) is 31.5 Å². The molecule has 0 saturated carbocycles. The maximum absolute atomic E-state index is 4.15. The topological polar surface area (TPSA) is 39.7 Å². The quantitative estimate of drug-likeness (QED) is 0.427. The Hall–Kier alpha value is -1.03. The lowest BCUT2D eigenvalue weighted by Gasteiger charge is -2.30. The standard InChI is InChI=1S/C13H26N4/c1-4-7-15-13(14-3)16-8-10-17-9-5-6-12(2)11-17/h4,12H,1,5-11H2,2-3H3,(H2,14,15,16). The molecule has 0 bridgehead atoms. The van der Waals surface area contributed by atoms with Crippen molar-refractivity contribution in [2.45, 2.75) is 19.8 Å². The average molecular weight is 238 g/mol. The summed E-state index contributed by atoms with van der Waals surface area (Å²) in [5, 5.41) is 6.48. The smallest absolute Gasteiger partial charge is 0.191 e. The molecule has 0 amide bonds. The normalized spacial score (nSPS) is 22.2. The summed E-state index contributed by atoms with van der Waals surface area (Å²) in [5.41, 5.74) is 0. The van der Waals surface area contributed by atoms with Crippen LogP contribution in [0.15, 0.2) is 17.6 Å². The van der Waals surface area contributed by atoms with E-state index in [-0.39, 0.29) is 0 Å². The molecule has 1 saturated heterocycles. The fourth-order valence-electron chi connectivity index (χ4n) is 2.21. The zero-order valence-electron chi connectivity index (χ0n) is 11.2. The summed E-state index contributed by atoms with van der Waals surface area (Å²) in [5.74, 6) is 1.71.